The molecule has 3 N–H and O–H groups in total. The Morgan fingerprint density at radius 3 is 2.53 bits per heavy atom. The van der Waals surface area contributed by atoms with Gasteiger partial charge in [0.25, 0.3) is 0 Å². The molecule has 0 aromatic rings. The molecule has 1 unspecified atom stereocenters. The van der Waals surface area contributed by atoms with E-state index in [2.05, 4.69) is 16.0 Å². The van der Waals surface area contributed by atoms with Crippen molar-refractivity contribution in [1.29, 1.82) is 0 Å². The van der Waals surface area contributed by atoms with E-state index in [9.17, 15) is 9.59 Å². The first-order chi connectivity index (χ1) is 8.11. The van der Waals surface area contributed by atoms with E-state index in [4.69, 9.17) is 4.74 Å². The van der Waals surface area contributed by atoms with E-state index in [-0.39, 0.29) is 17.9 Å². The molecule has 0 heterocycles. The van der Waals surface area contributed by atoms with Crippen LogP contribution in [0.2, 0.25) is 0 Å². The third kappa shape index (κ3) is 8.65. The maximum absolute atomic E-state index is 11.3. The summed E-state index contributed by atoms with van der Waals surface area (Å²) in [6.07, 6.45) is 0.355. The lowest BCUT2D eigenvalue weighted by Gasteiger charge is -2.12. The van der Waals surface area contributed by atoms with Crippen LogP contribution in [0.4, 0.5) is 0 Å². The molecule has 17 heavy (non-hydrogen) atoms. The molecule has 0 radical (unpaired) electrons. The van der Waals surface area contributed by atoms with Crippen molar-refractivity contribution < 1.29 is 14.3 Å². The average Bonchev–Trinajstić information content (AvgIpc) is 2.29. The summed E-state index contributed by atoms with van der Waals surface area (Å²) < 4.78 is 4.81. The summed E-state index contributed by atoms with van der Waals surface area (Å²) in [4.78, 5) is 22.6. The lowest BCUT2D eigenvalue weighted by Crippen LogP contribution is -2.43. The molecule has 0 saturated heterocycles. The molecule has 100 valence electrons. The molecule has 1 atom stereocenters. The Balaban J connectivity index is 3.55. The Hall–Kier alpha value is -1.14. The van der Waals surface area contributed by atoms with Crippen molar-refractivity contribution in [3.63, 3.8) is 0 Å². The lowest BCUT2D eigenvalue weighted by molar-refractivity contribution is -0.124. The number of hydrogen-bond acceptors (Lipinski definition) is 4. The van der Waals surface area contributed by atoms with E-state index < -0.39 is 0 Å². The van der Waals surface area contributed by atoms with E-state index in [1.807, 2.05) is 6.92 Å². The maximum Gasteiger partial charge on any atom is 0.236 e. The van der Waals surface area contributed by atoms with E-state index >= 15 is 0 Å². The quantitative estimate of drug-likeness (QED) is 0.467. The summed E-state index contributed by atoms with van der Waals surface area (Å²) in [6, 6.07) is -0.276. The number of hydrogen-bond donors (Lipinski definition) is 3. The normalized spacial score (nSPS) is 11.9. The first kappa shape index (κ1) is 15.9. The molecule has 0 fully saturated rings. The molecular formula is C11H23N3O3. The van der Waals surface area contributed by atoms with Crippen LogP contribution in [-0.4, -0.2) is 51.2 Å². The Labute approximate surface area is 102 Å². The zero-order chi connectivity index (χ0) is 13.1. The van der Waals surface area contributed by atoms with Crippen LogP contribution in [0.15, 0.2) is 0 Å². The van der Waals surface area contributed by atoms with Gasteiger partial charge in [0, 0.05) is 33.2 Å². The second-order valence-electron chi connectivity index (χ2n) is 3.66. The second kappa shape index (κ2) is 10.0. The van der Waals surface area contributed by atoms with Crippen molar-refractivity contribution in [3.05, 3.63) is 0 Å². The molecule has 0 bridgehead atoms. The van der Waals surface area contributed by atoms with Gasteiger partial charge in [0.15, 0.2) is 0 Å². The molecule has 0 spiro atoms. The summed E-state index contributed by atoms with van der Waals surface area (Å²) in [5.74, 6) is -0.0926. The van der Waals surface area contributed by atoms with E-state index in [0.29, 0.717) is 32.7 Å². The van der Waals surface area contributed by atoms with Gasteiger partial charge in [0.1, 0.15) is 0 Å². The molecule has 0 rings (SSSR count). The van der Waals surface area contributed by atoms with E-state index in [0.717, 1.165) is 0 Å². The fraction of sp³-hybridized carbons (Fsp3) is 0.818. The summed E-state index contributed by atoms with van der Waals surface area (Å²) in [5, 5.41) is 8.40. The second-order valence-corrected chi connectivity index (χ2v) is 3.66. The highest BCUT2D eigenvalue weighted by atomic mass is 16.5. The van der Waals surface area contributed by atoms with Crippen LogP contribution in [-0.2, 0) is 14.3 Å². The number of methoxy groups -OCH3 is 1. The van der Waals surface area contributed by atoms with Crippen LogP contribution in [0.3, 0.4) is 0 Å². The fourth-order valence-corrected chi connectivity index (χ4v) is 1.20. The SMILES string of the molecule is CCNC(=O)C(C)NCCC(=O)NCCOC. The van der Waals surface area contributed by atoms with Gasteiger partial charge in [0.05, 0.1) is 12.6 Å². The van der Waals surface area contributed by atoms with Crippen LogP contribution in [0, 0.1) is 0 Å². The zero-order valence-electron chi connectivity index (χ0n) is 10.8. The number of ether oxygens (including phenoxy) is 1. The molecule has 0 saturated carbocycles. The summed E-state index contributed by atoms with van der Waals surface area (Å²) in [7, 11) is 1.59. The highest BCUT2D eigenvalue weighted by Crippen LogP contribution is 1.84. The maximum atomic E-state index is 11.3. The summed E-state index contributed by atoms with van der Waals surface area (Å²) in [6.45, 7) is 5.76. The number of rotatable bonds is 9. The highest BCUT2D eigenvalue weighted by molar-refractivity contribution is 5.81. The van der Waals surface area contributed by atoms with Crippen LogP contribution < -0.4 is 16.0 Å². The molecule has 0 aliphatic rings. The van der Waals surface area contributed by atoms with Crippen LogP contribution in [0.5, 0.6) is 0 Å². The Bertz CT molecular complexity index is 234. The van der Waals surface area contributed by atoms with Gasteiger partial charge in [-0.3, -0.25) is 9.59 Å². The number of nitrogens with one attached hydrogen (secondary N) is 3. The molecule has 6 heteroatoms. The largest absolute Gasteiger partial charge is 0.383 e. The zero-order valence-corrected chi connectivity index (χ0v) is 10.8. The van der Waals surface area contributed by atoms with Gasteiger partial charge >= 0.3 is 0 Å². The minimum atomic E-state index is -0.276. The molecule has 6 nitrogen and oxygen atoms in total. The predicted octanol–water partition coefficient (Wildman–Crippen LogP) is -0.747. The van der Waals surface area contributed by atoms with Crippen molar-refractivity contribution in [2.75, 3.05) is 33.4 Å². The Morgan fingerprint density at radius 2 is 1.94 bits per heavy atom. The van der Waals surface area contributed by atoms with Gasteiger partial charge < -0.3 is 20.7 Å². The minimum absolute atomic E-state index is 0.0438. The molecule has 0 aliphatic carbocycles. The summed E-state index contributed by atoms with van der Waals surface area (Å²) >= 11 is 0. The molecule has 0 aromatic heterocycles. The molecule has 0 aromatic carbocycles. The van der Waals surface area contributed by atoms with Gasteiger partial charge in [-0.05, 0) is 13.8 Å². The third-order valence-electron chi connectivity index (χ3n) is 2.18. The number of amides is 2. The Morgan fingerprint density at radius 1 is 1.24 bits per heavy atom. The number of likely N-dealkylation sites (N-methyl/N-ethyl adjacent to an activating group) is 1. The highest BCUT2D eigenvalue weighted by Gasteiger charge is 2.10. The summed E-state index contributed by atoms with van der Waals surface area (Å²) in [5.41, 5.74) is 0. The topological polar surface area (TPSA) is 79.5 Å². The van der Waals surface area contributed by atoms with Crippen LogP contribution >= 0.6 is 0 Å². The van der Waals surface area contributed by atoms with Gasteiger partial charge in [-0.1, -0.05) is 0 Å². The average molecular weight is 245 g/mol. The van der Waals surface area contributed by atoms with Crippen molar-refractivity contribution in [2.45, 2.75) is 26.3 Å². The standard InChI is InChI=1S/C11H23N3O3/c1-4-12-11(16)9(2)13-6-5-10(15)14-7-8-17-3/h9,13H,4-8H2,1-3H3,(H,12,16)(H,14,15). The molecule has 0 aliphatic heterocycles. The third-order valence-corrected chi connectivity index (χ3v) is 2.18. The predicted molar refractivity (Wildman–Crippen MR) is 65.7 cm³/mol. The van der Waals surface area contributed by atoms with Gasteiger partial charge in [-0.15, -0.1) is 0 Å². The van der Waals surface area contributed by atoms with Gasteiger partial charge in [0.2, 0.25) is 11.8 Å². The van der Waals surface area contributed by atoms with E-state index in [1.165, 1.54) is 0 Å². The monoisotopic (exact) mass is 245 g/mol. The molecule has 2 amide bonds. The lowest BCUT2D eigenvalue weighted by atomic mass is 10.3. The van der Waals surface area contributed by atoms with E-state index in [1.54, 1.807) is 14.0 Å². The minimum Gasteiger partial charge on any atom is -0.383 e. The van der Waals surface area contributed by atoms with Gasteiger partial charge in [-0.25, -0.2) is 0 Å². The van der Waals surface area contributed by atoms with Crippen molar-refractivity contribution >= 4 is 11.8 Å². The number of carbonyl (C=O) groups excluding carboxylic acids is 2. The first-order valence-corrected chi connectivity index (χ1v) is 5.88. The van der Waals surface area contributed by atoms with Crippen LogP contribution in [0.1, 0.15) is 20.3 Å². The Kier molecular flexibility index (Phi) is 9.37. The first-order valence-electron chi connectivity index (χ1n) is 5.88. The van der Waals surface area contributed by atoms with Gasteiger partial charge in [-0.2, -0.15) is 0 Å². The molecular weight excluding hydrogens is 222 g/mol. The van der Waals surface area contributed by atoms with Crippen molar-refractivity contribution in [1.82, 2.24) is 16.0 Å². The van der Waals surface area contributed by atoms with Crippen molar-refractivity contribution in [2.24, 2.45) is 0 Å². The van der Waals surface area contributed by atoms with Crippen molar-refractivity contribution in [3.8, 4) is 0 Å². The fourth-order valence-electron chi connectivity index (χ4n) is 1.20. The number of carbonyl (C=O) groups is 2. The smallest absolute Gasteiger partial charge is 0.236 e. The van der Waals surface area contributed by atoms with Crippen LogP contribution in [0.25, 0.3) is 0 Å².